The summed E-state index contributed by atoms with van der Waals surface area (Å²) >= 11 is 5.91. The van der Waals surface area contributed by atoms with E-state index in [1.165, 1.54) is 12.1 Å². The number of rotatable bonds is 7. The second-order valence-corrected chi connectivity index (χ2v) is 4.99. The molecule has 0 heterocycles. The Morgan fingerprint density at radius 3 is 2.70 bits per heavy atom. The highest BCUT2D eigenvalue weighted by Crippen LogP contribution is 2.27. The van der Waals surface area contributed by atoms with Crippen LogP contribution in [-0.4, -0.2) is 19.9 Å². The van der Waals surface area contributed by atoms with Crippen LogP contribution < -0.4 is 9.47 Å². The van der Waals surface area contributed by atoms with Crippen LogP contribution in [0.1, 0.15) is 18.1 Å². The summed E-state index contributed by atoms with van der Waals surface area (Å²) in [5.74, 6) is 0.910. The van der Waals surface area contributed by atoms with Crippen LogP contribution >= 0.6 is 11.6 Å². The van der Waals surface area contributed by atoms with Crippen LogP contribution in [0.2, 0.25) is 5.02 Å². The Morgan fingerprint density at radius 2 is 2.00 bits per heavy atom. The summed E-state index contributed by atoms with van der Waals surface area (Å²) in [4.78, 5) is 5.19. The molecule has 0 aromatic heterocycles. The average Bonchev–Trinajstić information content (AvgIpc) is 2.54. The minimum atomic E-state index is -0.385. The van der Waals surface area contributed by atoms with Gasteiger partial charge in [0.05, 0.1) is 25.0 Å². The molecular weight excluding hydrogens is 321 g/mol. The first kappa shape index (κ1) is 17.1. The number of ether oxygens (including phenoxy) is 2. The molecule has 2 aromatic rings. The van der Waals surface area contributed by atoms with Crippen LogP contribution in [0.3, 0.4) is 0 Å². The average molecular weight is 338 g/mol. The number of oxime groups is 1. The summed E-state index contributed by atoms with van der Waals surface area (Å²) in [5, 5.41) is 4.19. The van der Waals surface area contributed by atoms with E-state index >= 15 is 0 Å². The minimum absolute atomic E-state index is 0.157. The molecule has 0 radical (unpaired) electrons. The molecule has 23 heavy (non-hydrogen) atoms. The molecule has 4 nitrogen and oxygen atoms in total. The molecule has 0 N–H and O–H groups in total. The minimum Gasteiger partial charge on any atom is -0.493 e. The number of hydrogen-bond donors (Lipinski definition) is 0. The largest absolute Gasteiger partial charge is 0.493 e. The normalized spacial score (nSPS) is 10.8. The van der Waals surface area contributed by atoms with E-state index in [4.69, 9.17) is 25.9 Å². The number of methoxy groups -OCH3 is 1. The van der Waals surface area contributed by atoms with Crippen LogP contribution in [0.25, 0.3) is 0 Å². The van der Waals surface area contributed by atoms with Crippen LogP contribution in [0.15, 0.2) is 41.6 Å². The number of hydrogen-bond acceptors (Lipinski definition) is 4. The fourth-order valence-electron chi connectivity index (χ4n) is 1.88. The molecule has 0 amide bonds. The van der Waals surface area contributed by atoms with Gasteiger partial charge in [-0.05, 0) is 37.3 Å². The van der Waals surface area contributed by atoms with E-state index in [0.29, 0.717) is 28.7 Å². The Hall–Kier alpha value is -2.27. The molecule has 0 aliphatic carbocycles. The summed E-state index contributed by atoms with van der Waals surface area (Å²) in [6.45, 7) is 2.62. The van der Waals surface area contributed by atoms with Gasteiger partial charge in [-0.2, -0.15) is 0 Å². The van der Waals surface area contributed by atoms with E-state index in [1.807, 2.05) is 13.0 Å². The molecule has 0 saturated heterocycles. The summed E-state index contributed by atoms with van der Waals surface area (Å²) in [6, 6.07) is 9.56. The number of nitrogens with zero attached hydrogens (tertiary/aromatic N) is 1. The Labute approximate surface area is 139 Å². The van der Waals surface area contributed by atoms with Crippen molar-refractivity contribution in [3.05, 3.63) is 58.4 Å². The molecule has 0 atom stereocenters. The van der Waals surface area contributed by atoms with Crippen molar-refractivity contribution in [1.82, 2.24) is 0 Å². The Kier molecular flexibility index (Phi) is 6.23. The fraction of sp³-hybridized carbons (Fsp3) is 0.235. The van der Waals surface area contributed by atoms with Gasteiger partial charge in [-0.25, -0.2) is 4.39 Å². The van der Waals surface area contributed by atoms with Crippen molar-refractivity contribution in [1.29, 1.82) is 0 Å². The predicted molar refractivity (Wildman–Crippen MR) is 88.0 cm³/mol. The van der Waals surface area contributed by atoms with Gasteiger partial charge >= 0.3 is 0 Å². The molecule has 0 unspecified atom stereocenters. The highest BCUT2D eigenvalue weighted by molar-refractivity contribution is 6.31. The van der Waals surface area contributed by atoms with E-state index in [0.717, 1.165) is 5.56 Å². The molecular formula is C17H17ClFNO3. The molecule has 0 spiro atoms. The fourth-order valence-corrected chi connectivity index (χ4v) is 2.10. The maximum atomic E-state index is 12.9. The Balaban J connectivity index is 1.97. The summed E-state index contributed by atoms with van der Waals surface area (Å²) in [5.41, 5.74) is 1.46. The smallest absolute Gasteiger partial charge is 0.161 e. The summed E-state index contributed by atoms with van der Waals surface area (Å²) in [7, 11) is 1.58. The maximum Gasteiger partial charge on any atom is 0.161 e. The van der Waals surface area contributed by atoms with Gasteiger partial charge in [-0.3, -0.25) is 0 Å². The Morgan fingerprint density at radius 1 is 1.17 bits per heavy atom. The number of benzene rings is 2. The molecule has 0 fully saturated rings. The quantitative estimate of drug-likeness (QED) is 0.554. The van der Waals surface area contributed by atoms with E-state index < -0.39 is 0 Å². The molecule has 0 saturated carbocycles. The lowest BCUT2D eigenvalue weighted by Crippen LogP contribution is -1.96. The molecule has 6 heteroatoms. The second kappa shape index (κ2) is 8.39. The third-order valence-corrected chi connectivity index (χ3v) is 3.35. The van der Waals surface area contributed by atoms with E-state index in [9.17, 15) is 4.39 Å². The van der Waals surface area contributed by atoms with Crippen molar-refractivity contribution in [3.8, 4) is 11.5 Å². The van der Waals surface area contributed by atoms with Crippen LogP contribution in [-0.2, 0) is 11.4 Å². The van der Waals surface area contributed by atoms with Gasteiger partial charge in [0.25, 0.3) is 0 Å². The maximum absolute atomic E-state index is 12.9. The van der Waals surface area contributed by atoms with Gasteiger partial charge in [0.2, 0.25) is 0 Å². The lowest BCUT2D eigenvalue weighted by molar-refractivity contribution is 0.132. The monoisotopic (exact) mass is 337 g/mol. The standard InChI is InChI=1S/C17H17ClFNO3/c1-3-22-16-7-4-12(8-17(16)21-2)10-20-23-11-13-5-6-14(19)9-15(13)18/h4-10H,3,11H2,1-2H3/b20-10-. The molecule has 122 valence electrons. The summed E-state index contributed by atoms with van der Waals surface area (Å²) < 4.78 is 23.6. The van der Waals surface area contributed by atoms with Crippen LogP contribution in [0, 0.1) is 5.82 Å². The van der Waals surface area contributed by atoms with Gasteiger partial charge in [-0.15, -0.1) is 0 Å². The number of halogens is 2. The zero-order valence-corrected chi connectivity index (χ0v) is 13.6. The van der Waals surface area contributed by atoms with Crippen molar-refractivity contribution in [3.63, 3.8) is 0 Å². The third-order valence-electron chi connectivity index (χ3n) is 3.00. The molecule has 0 aliphatic rings. The van der Waals surface area contributed by atoms with E-state index in [2.05, 4.69) is 5.16 Å². The first-order chi connectivity index (χ1) is 11.1. The predicted octanol–water partition coefficient (Wildman–Crippen LogP) is 4.44. The lowest BCUT2D eigenvalue weighted by atomic mass is 10.2. The van der Waals surface area contributed by atoms with Gasteiger partial charge in [0.15, 0.2) is 11.5 Å². The molecule has 2 rings (SSSR count). The van der Waals surface area contributed by atoms with Gasteiger partial charge < -0.3 is 14.3 Å². The van der Waals surface area contributed by atoms with Gasteiger partial charge in [0.1, 0.15) is 12.4 Å². The van der Waals surface area contributed by atoms with E-state index in [1.54, 1.807) is 31.5 Å². The molecule has 0 bridgehead atoms. The van der Waals surface area contributed by atoms with Crippen molar-refractivity contribution >= 4 is 17.8 Å². The van der Waals surface area contributed by atoms with Crippen molar-refractivity contribution in [2.45, 2.75) is 13.5 Å². The van der Waals surface area contributed by atoms with Crippen molar-refractivity contribution < 1.29 is 18.7 Å². The van der Waals surface area contributed by atoms with E-state index in [-0.39, 0.29) is 12.4 Å². The third kappa shape index (κ3) is 4.86. The highest BCUT2D eigenvalue weighted by Gasteiger charge is 2.04. The SMILES string of the molecule is CCOc1ccc(/C=N\OCc2ccc(F)cc2Cl)cc1OC. The topological polar surface area (TPSA) is 40.0 Å². The zero-order valence-electron chi connectivity index (χ0n) is 12.9. The zero-order chi connectivity index (χ0) is 16.7. The van der Waals surface area contributed by atoms with Crippen molar-refractivity contribution in [2.24, 2.45) is 5.16 Å². The van der Waals surface area contributed by atoms with Crippen LogP contribution in [0.5, 0.6) is 11.5 Å². The second-order valence-electron chi connectivity index (χ2n) is 4.59. The first-order valence-corrected chi connectivity index (χ1v) is 7.42. The van der Waals surface area contributed by atoms with Crippen LogP contribution in [0.4, 0.5) is 4.39 Å². The molecule has 0 aliphatic heterocycles. The van der Waals surface area contributed by atoms with Gasteiger partial charge in [0, 0.05) is 11.1 Å². The molecule has 2 aromatic carbocycles. The highest BCUT2D eigenvalue weighted by atomic mass is 35.5. The summed E-state index contributed by atoms with van der Waals surface area (Å²) in [6.07, 6.45) is 1.55. The Bertz CT molecular complexity index is 692. The first-order valence-electron chi connectivity index (χ1n) is 7.04. The van der Waals surface area contributed by atoms with Gasteiger partial charge in [-0.1, -0.05) is 22.8 Å². The van der Waals surface area contributed by atoms with Crippen molar-refractivity contribution in [2.75, 3.05) is 13.7 Å². The lowest BCUT2D eigenvalue weighted by Gasteiger charge is -2.09.